The van der Waals surface area contributed by atoms with E-state index in [4.69, 9.17) is 14.1 Å². The van der Waals surface area contributed by atoms with E-state index >= 15 is 0 Å². The fraction of sp³-hybridized carbons (Fsp3) is 0.414. The predicted molar refractivity (Wildman–Crippen MR) is 151 cm³/mol. The fourth-order valence-corrected chi connectivity index (χ4v) is 5.03. The molecule has 2 heterocycles. The number of hydrogen-bond acceptors (Lipinski definition) is 6. The Bertz CT molecular complexity index is 1230. The summed E-state index contributed by atoms with van der Waals surface area (Å²) in [7, 11) is -1.97. The smallest absolute Gasteiger partial charge is 0.259 e. The standard InChI is InChI=1S/C29H38N4O3Si/c1-21(22-10-8-7-9-11-22)31-28-30-16-14-26(32-28)33(17-19-36-37(5,6)29(2,3)4)27(34)24-12-13-25-23(20-24)15-18-35-25/h7-14,16,20-21H,15,17-19H2,1-6H3,(H,30,31,32)/t21-/m0/s1. The number of carbonyl (C=O) groups is 1. The molecule has 0 aliphatic carbocycles. The van der Waals surface area contributed by atoms with Crippen molar-refractivity contribution in [1.29, 1.82) is 0 Å². The minimum atomic E-state index is -1.97. The van der Waals surface area contributed by atoms with Gasteiger partial charge < -0.3 is 14.5 Å². The molecule has 4 rings (SSSR count). The van der Waals surface area contributed by atoms with Crippen LogP contribution in [0.25, 0.3) is 0 Å². The lowest BCUT2D eigenvalue weighted by atomic mass is 10.1. The summed E-state index contributed by atoms with van der Waals surface area (Å²) in [5.41, 5.74) is 2.81. The van der Waals surface area contributed by atoms with Crippen LogP contribution < -0.4 is 15.0 Å². The Hall–Kier alpha value is -3.23. The van der Waals surface area contributed by atoms with Crippen LogP contribution in [0.1, 0.15) is 55.2 Å². The molecule has 1 atom stereocenters. The maximum atomic E-state index is 13.8. The number of aromatic nitrogens is 2. The molecular formula is C29H38N4O3Si. The Kier molecular flexibility index (Phi) is 7.99. The molecule has 0 fully saturated rings. The molecule has 0 saturated heterocycles. The van der Waals surface area contributed by atoms with Crippen LogP contribution in [-0.2, 0) is 10.8 Å². The molecule has 196 valence electrons. The van der Waals surface area contributed by atoms with Gasteiger partial charge in [-0.15, -0.1) is 0 Å². The van der Waals surface area contributed by atoms with Crippen LogP contribution >= 0.6 is 0 Å². The monoisotopic (exact) mass is 518 g/mol. The van der Waals surface area contributed by atoms with Crippen molar-refractivity contribution < 1.29 is 14.0 Å². The number of carbonyl (C=O) groups excluding carboxylic acids is 1. The van der Waals surface area contributed by atoms with Gasteiger partial charge >= 0.3 is 0 Å². The molecule has 0 bridgehead atoms. The number of benzene rings is 2. The van der Waals surface area contributed by atoms with Crippen LogP contribution in [0.2, 0.25) is 18.1 Å². The largest absolute Gasteiger partial charge is 0.493 e. The first-order chi connectivity index (χ1) is 17.5. The van der Waals surface area contributed by atoms with Gasteiger partial charge in [-0.1, -0.05) is 51.1 Å². The summed E-state index contributed by atoms with van der Waals surface area (Å²) in [6.45, 7) is 14.6. The van der Waals surface area contributed by atoms with Crippen molar-refractivity contribution in [3.05, 3.63) is 77.5 Å². The molecule has 1 aliphatic rings. The van der Waals surface area contributed by atoms with Crippen molar-refractivity contribution in [2.45, 2.75) is 58.3 Å². The van der Waals surface area contributed by atoms with Gasteiger partial charge in [0, 0.05) is 24.7 Å². The number of nitrogens with one attached hydrogen (secondary N) is 1. The number of hydrogen-bond donors (Lipinski definition) is 1. The zero-order chi connectivity index (χ0) is 26.6. The lowest BCUT2D eigenvalue weighted by Gasteiger charge is -2.36. The second-order valence-corrected chi connectivity index (χ2v) is 15.8. The first-order valence-corrected chi connectivity index (χ1v) is 15.8. The molecule has 1 aliphatic heterocycles. The number of anilines is 2. The first kappa shape index (κ1) is 26.8. The summed E-state index contributed by atoms with van der Waals surface area (Å²) in [6.07, 6.45) is 2.50. The Morgan fingerprint density at radius 1 is 1.16 bits per heavy atom. The number of amides is 1. The zero-order valence-corrected chi connectivity index (χ0v) is 23.7. The van der Waals surface area contributed by atoms with Crippen molar-refractivity contribution >= 4 is 26.0 Å². The Morgan fingerprint density at radius 3 is 2.65 bits per heavy atom. The lowest BCUT2D eigenvalue weighted by Crippen LogP contribution is -2.43. The van der Waals surface area contributed by atoms with Gasteiger partial charge in [0.05, 0.1) is 19.3 Å². The van der Waals surface area contributed by atoms with E-state index in [1.807, 2.05) is 36.4 Å². The number of nitrogens with zero attached hydrogens (tertiary/aromatic N) is 3. The lowest BCUT2D eigenvalue weighted by molar-refractivity contribution is 0.0980. The van der Waals surface area contributed by atoms with E-state index in [-0.39, 0.29) is 17.0 Å². The highest BCUT2D eigenvalue weighted by Crippen LogP contribution is 2.36. The normalized spacial score (nSPS) is 14.0. The third kappa shape index (κ3) is 6.37. The highest BCUT2D eigenvalue weighted by Gasteiger charge is 2.37. The maximum Gasteiger partial charge on any atom is 0.259 e. The SMILES string of the molecule is C[C@H](Nc1nccc(N(CCO[Si](C)(C)C(C)(C)C)C(=O)c2ccc3c(c2)CCO3)n1)c1ccccc1. The molecule has 1 N–H and O–H groups in total. The van der Waals surface area contributed by atoms with E-state index in [2.05, 4.69) is 63.2 Å². The quantitative estimate of drug-likeness (QED) is 0.337. The summed E-state index contributed by atoms with van der Waals surface area (Å²) < 4.78 is 12.1. The highest BCUT2D eigenvalue weighted by molar-refractivity contribution is 6.74. The van der Waals surface area contributed by atoms with Gasteiger partial charge in [0.25, 0.3) is 5.91 Å². The number of fused-ring (bicyclic) bond motifs is 1. The number of ether oxygens (including phenoxy) is 1. The Labute approximate surface area is 221 Å². The van der Waals surface area contributed by atoms with Gasteiger partial charge in [0.2, 0.25) is 5.95 Å². The Morgan fingerprint density at radius 2 is 1.92 bits per heavy atom. The van der Waals surface area contributed by atoms with Gasteiger partial charge in [-0.2, -0.15) is 4.98 Å². The maximum absolute atomic E-state index is 13.8. The van der Waals surface area contributed by atoms with E-state index < -0.39 is 8.32 Å². The van der Waals surface area contributed by atoms with Crippen molar-refractivity contribution in [2.24, 2.45) is 0 Å². The molecule has 2 aromatic carbocycles. The molecule has 0 radical (unpaired) electrons. The van der Waals surface area contributed by atoms with E-state index in [1.165, 1.54) is 0 Å². The van der Waals surface area contributed by atoms with Crippen molar-refractivity contribution in [3.63, 3.8) is 0 Å². The average molecular weight is 519 g/mol. The van der Waals surface area contributed by atoms with Crippen LogP contribution in [-0.4, -0.2) is 44.0 Å². The predicted octanol–water partition coefficient (Wildman–Crippen LogP) is 6.25. The molecule has 1 amide bonds. The molecule has 7 nitrogen and oxygen atoms in total. The minimum Gasteiger partial charge on any atom is -0.493 e. The van der Waals surface area contributed by atoms with E-state index in [0.717, 1.165) is 23.3 Å². The van der Waals surface area contributed by atoms with Gasteiger partial charge in [-0.05, 0) is 60.4 Å². The topological polar surface area (TPSA) is 76.6 Å². The van der Waals surface area contributed by atoms with Crippen molar-refractivity contribution in [3.8, 4) is 5.75 Å². The summed E-state index contributed by atoms with van der Waals surface area (Å²) >= 11 is 0. The second-order valence-electron chi connectivity index (χ2n) is 11.0. The van der Waals surface area contributed by atoms with Crippen LogP contribution in [0.3, 0.4) is 0 Å². The zero-order valence-electron chi connectivity index (χ0n) is 22.7. The second kappa shape index (κ2) is 11.0. The van der Waals surface area contributed by atoms with Crippen LogP contribution in [0.15, 0.2) is 60.8 Å². The van der Waals surface area contributed by atoms with Crippen LogP contribution in [0, 0.1) is 0 Å². The molecular weight excluding hydrogens is 480 g/mol. The molecule has 1 aromatic heterocycles. The molecule has 0 saturated carbocycles. The fourth-order valence-electron chi connectivity index (χ4n) is 3.99. The van der Waals surface area contributed by atoms with Gasteiger partial charge in [0.1, 0.15) is 11.6 Å². The molecule has 37 heavy (non-hydrogen) atoms. The third-order valence-electron chi connectivity index (χ3n) is 7.33. The summed E-state index contributed by atoms with van der Waals surface area (Å²) in [5.74, 6) is 1.75. The van der Waals surface area contributed by atoms with Gasteiger partial charge in [-0.25, -0.2) is 4.98 Å². The van der Waals surface area contributed by atoms with Gasteiger partial charge in [0.15, 0.2) is 8.32 Å². The van der Waals surface area contributed by atoms with E-state index in [0.29, 0.717) is 37.1 Å². The highest BCUT2D eigenvalue weighted by atomic mass is 28.4. The molecule has 8 heteroatoms. The van der Waals surface area contributed by atoms with Crippen molar-refractivity contribution in [1.82, 2.24) is 9.97 Å². The summed E-state index contributed by atoms with van der Waals surface area (Å²) in [4.78, 5) is 24.7. The summed E-state index contributed by atoms with van der Waals surface area (Å²) in [6, 6.07) is 17.6. The first-order valence-electron chi connectivity index (χ1n) is 12.9. The average Bonchev–Trinajstić information content (AvgIpc) is 3.34. The molecule has 0 spiro atoms. The van der Waals surface area contributed by atoms with Crippen molar-refractivity contribution in [2.75, 3.05) is 30.0 Å². The molecule has 3 aromatic rings. The van der Waals surface area contributed by atoms with Crippen LogP contribution in [0.5, 0.6) is 5.75 Å². The third-order valence-corrected chi connectivity index (χ3v) is 11.9. The number of rotatable bonds is 9. The minimum absolute atomic E-state index is 0.0132. The van der Waals surface area contributed by atoms with Gasteiger partial charge in [-0.3, -0.25) is 9.69 Å². The van der Waals surface area contributed by atoms with E-state index in [1.54, 1.807) is 17.2 Å². The van der Waals surface area contributed by atoms with Crippen LogP contribution in [0.4, 0.5) is 11.8 Å². The molecule has 0 unspecified atom stereocenters. The summed E-state index contributed by atoms with van der Waals surface area (Å²) in [5, 5.41) is 3.45. The Balaban J connectivity index is 1.58. The van der Waals surface area contributed by atoms with E-state index in [9.17, 15) is 4.79 Å².